The molecule has 2 aliphatic rings. The zero-order valence-corrected chi connectivity index (χ0v) is 11.5. The molecule has 0 aromatic rings. The molecule has 18 heavy (non-hydrogen) atoms. The number of nitrogens with one attached hydrogen (secondary N) is 1. The normalized spacial score (nSPS) is 24.3. The molecule has 0 atom stereocenters. The van der Waals surface area contributed by atoms with Gasteiger partial charge in [0.1, 0.15) is 5.78 Å². The number of Topliss-reactive ketones (excluding diaryl/α,β-unsaturated/α-hetero) is 1. The molecular formula is C14H26N2O2. The summed E-state index contributed by atoms with van der Waals surface area (Å²) in [5.41, 5.74) is 0. The highest BCUT2D eigenvalue weighted by atomic mass is 16.5. The molecule has 0 aliphatic carbocycles. The van der Waals surface area contributed by atoms with E-state index in [9.17, 15) is 4.79 Å². The summed E-state index contributed by atoms with van der Waals surface area (Å²) >= 11 is 0. The summed E-state index contributed by atoms with van der Waals surface area (Å²) in [6, 6.07) is 0. The van der Waals surface area contributed by atoms with Crippen molar-refractivity contribution in [3.8, 4) is 0 Å². The van der Waals surface area contributed by atoms with Gasteiger partial charge < -0.3 is 10.1 Å². The van der Waals surface area contributed by atoms with Crippen molar-refractivity contribution in [3.05, 3.63) is 0 Å². The van der Waals surface area contributed by atoms with Crippen molar-refractivity contribution >= 4 is 5.78 Å². The summed E-state index contributed by atoms with van der Waals surface area (Å²) in [5, 5.41) is 3.36. The standard InChI is InChI=1S/C14H26N2O2/c1-2-12(17)11-16-9-5-14(6-10-16)18-13-3-7-15-8-4-13/h13-15H,2-11H2,1H3. The number of hydrogen-bond donors (Lipinski definition) is 1. The fourth-order valence-corrected chi connectivity index (χ4v) is 2.77. The molecule has 104 valence electrons. The minimum Gasteiger partial charge on any atom is -0.375 e. The van der Waals surface area contributed by atoms with Gasteiger partial charge in [-0.3, -0.25) is 9.69 Å². The van der Waals surface area contributed by atoms with E-state index < -0.39 is 0 Å². The SMILES string of the molecule is CCC(=O)CN1CCC(OC2CCNCC2)CC1. The van der Waals surface area contributed by atoms with Crippen molar-refractivity contribution in [1.29, 1.82) is 0 Å². The van der Waals surface area contributed by atoms with Gasteiger partial charge in [-0.2, -0.15) is 0 Å². The van der Waals surface area contributed by atoms with Gasteiger partial charge in [0, 0.05) is 19.5 Å². The van der Waals surface area contributed by atoms with Crippen LogP contribution in [0.4, 0.5) is 0 Å². The summed E-state index contributed by atoms with van der Waals surface area (Å²) in [6.45, 7) is 6.79. The lowest BCUT2D eigenvalue weighted by Crippen LogP contribution is -2.42. The lowest BCUT2D eigenvalue weighted by molar-refractivity contribution is -0.121. The van der Waals surface area contributed by atoms with E-state index in [4.69, 9.17) is 4.74 Å². The number of carbonyl (C=O) groups is 1. The Kier molecular flexibility index (Phi) is 5.60. The zero-order valence-electron chi connectivity index (χ0n) is 11.5. The summed E-state index contributed by atoms with van der Waals surface area (Å²) in [5.74, 6) is 0.354. The van der Waals surface area contributed by atoms with Crippen LogP contribution in [0.1, 0.15) is 39.0 Å². The Hall–Kier alpha value is -0.450. The Morgan fingerprint density at radius 3 is 2.39 bits per heavy atom. The van der Waals surface area contributed by atoms with Crippen molar-refractivity contribution in [1.82, 2.24) is 10.2 Å². The number of rotatable bonds is 5. The Morgan fingerprint density at radius 2 is 1.78 bits per heavy atom. The van der Waals surface area contributed by atoms with Gasteiger partial charge in [0.25, 0.3) is 0 Å². The molecule has 0 spiro atoms. The molecule has 4 nitrogen and oxygen atoms in total. The van der Waals surface area contributed by atoms with Crippen LogP contribution in [0.2, 0.25) is 0 Å². The van der Waals surface area contributed by atoms with Crippen LogP contribution < -0.4 is 5.32 Å². The van der Waals surface area contributed by atoms with Crippen LogP contribution in [-0.4, -0.2) is 55.6 Å². The summed E-state index contributed by atoms with van der Waals surface area (Å²) in [7, 11) is 0. The van der Waals surface area contributed by atoms with Crippen LogP contribution in [0.15, 0.2) is 0 Å². The quantitative estimate of drug-likeness (QED) is 0.800. The molecule has 2 heterocycles. The highest BCUT2D eigenvalue weighted by Gasteiger charge is 2.24. The number of piperidine rings is 2. The van der Waals surface area contributed by atoms with Gasteiger partial charge in [-0.05, 0) is 38.8 Å². The second-order valence-corrected chi connectivity index (χ2v) is 5.45. The molecule has 0 bridgehead atoms. The number of nitrogens with zero attached hydrogens (tertiary/aromatic N) is 1. The van der Waals surface area contributed by atoms with E-state index in [0.29, 0.717) is 31.0 Å². The van der Waals surface area contributed by atoms with Gasteiger partial charge in [0.2, 0.25) is 0 Å². The predicted molar refractivity (Wildman–Crippen MR) is 71.7 cm³/mol. The smallest absolute Gasteiger partial charge is 0.146 e. The van der Waals surface area contributed by atoms with E-state index in [2.05, 4.69) is 10.2 Å². The van der Waals surface area contributed by atoms with E-state index in [-0.39, 0.29) is 0 Å². The fourth-order valence-electron chi connectivity index (χ4n) is 2.77. The molecule has 1 N–H and O–H groups in total. The van der Waals surface area contributed by atoms with Crippen LogP contribution in [-0.2, 0) is 9.53 Å². The number of likely N-dealkylation sites (tertiary alicyclic amines) is 1. The third kappa shape index (κ3) is 4.34. The molecule has 0 aromatic carbocycles. The Labute approximate surface area is 110 Å². The summed E-state index contributed by atoms with van der Waals surface area (Å²) in [6.07, 6.45) is 6.00. The first-order valence-corrected chi connectivity index (χ1v) is 7.38. The van der Waals surface area contributed by atoms with E-state index in [1.54, 1.807) is 0 Å². The van der Waals surface area contributed by atoms with E-state index in [1.165, 1.54) is 0 Å². The largest absolute Gasteiger partial charge is 0.375 e. The molecule has 0 aromatic heterocycles. The van der Waals surface area contributed by atoms with Gasteiger partial charge in [0.05, 0.1) is 18.8 Å². The number of ether oxygens (including phenoxy) is 1. The second kappa shape index (κ2) is 7.22. The molecule has 0 radical (unpaired) electrons. The van der Waals surface area contributed by atoms with Crippen LogP contribution in [0.3, 0.4) is 0 Å². The second-order valence-electron chi connectivity index (χ2n) is 5.45. The Morgan fingerprint density at radius 1 is 1.17 bits per heavy atom. The van der Waals surface area contributed by atoms with Crippen molar-refractivity contribution in [2.75, 3.05) is 32.7 Å². The van der Waals surface area contributed by atoms with E-state index in [0.717, 1.165) is 51.9 Å². The van der Waals surface area contributed by atoms with Crippen LogP contribution in [0.5, 0.6) is 0 Å². The molecule has 2 rings (SSSR count). The lowest BCUT2D eigenvalue weighted by Gasteiger charge is -2.34. The van der Waals surface area contributed by atoms with E-state index in [1.807, 2.05) is 6.92 Å². The van der Waals surface area contributed by atoms with Gasteiger partial charge >= 0.3 is 0 Å². The summed E-state index contributed by atoms with van der Waals surface area (Å²) in [4.78, 5) is 13.7. The third-order valence-corrected chi connectivity index (χ3v) is 4.00. The molecule has 2 aliphatic heterocycles. The first-order chi connectivity index (χ1) is 8.78. The van der Waals surface area contributed by atoms with Crippen molar-refractivity contribution in [3.63, 3.8) is 0 Å². The number of ketones is 1. The first kappa shape index (κ1) is 14.0. The average molecular weight is 254 g/mol. The highest BCUT2D eigenvalue weighted by molar-refractivity contribution is 5.80. The first-order valence-electron chi connectivity index (χ1n) is 7.38. The molecular weight excluding hydrogens is 228 g/mol. The van der Waals surface area contributed by atoms with Gasteiger partial charge in [-0.15, -0.1) is 0 Å². The molecule has 2 saturated heterocycles. The zero-order chi connectivity index (χ0) is 12.8. The molecule has 2 fully saturated rings. The highest BCUT2D eigenvalue weighted by Crippen LogP contribution is 2.18. The Bertz CT molecular complexity index is 257. The molecule has 0 saturated carbocycles. The van der Waals surface area contributed by atoms with Gasteiger partial charge in [0.15, 0.2) is 0 Å². The monoisotopic (exact) mass is 254 g/mol. The maximum Gasteiger partial charge on any atom is 0.146 e. The Balaban J connectivity index is 1.65. The van der Waals surface area contributed by atoms with Crippen molar-refractivity contribution in [2.24, 2.45) is 0 Å². The van der Waals surface area contributed by atoms with E-state index >= 15 is 0 Å². The topological polar surface area (TPSA) is 41.6 Å². The molecule has 0 amide bonds. The minimum absolute atomic E-state index is 0.354. The lowest BCUT2D eigenvalue weighted by atomic mass is 10.1. The van der Waals surface area contributed by atoms with Crippen LogP contribution >= 0.6 is 0 Å². The number of hydrogen-bond acceptors (Lipinski definition) is 4. The maximum absolute atomic E-state index is 11.4. The van der Waals surface area contributed by atoms with Crippen molar-refractivity contribution in [2.45, 2.75) is 51.2 Å². The molecule has 4 heteroatoms. The maximum atomic E-state index is 11.4. The van der Waals surface area contributed by atoms with Gasteiger partial charge in [-0.1, -0.05) is 6.92 Å². The fraction of sp³-hybridized carbons (Fsp3) is 0.929. The van der Waals surface area contributed by atoms with Crippen molar-refractivity contribution < 1.29 is 9.53 Å². The van der Waals surface area contributed by atoms with Gasteiger partial charge in [-0.25, -0.2) is 0 Å². The predicted octanol–water partition coefficient (Wildman–Crippen LogP) is 1.20. The summed E-state index contributed by atoms with van der Waals surface area (Å²) < 4.78 is 6.16. The number of carbonyl (C=O) groups excluding carboxylic acids is 1. The van der Waals surface area contributed by atoms with Crippen LogP contribution in [0, 0.1) is 0 Å². The van der Waals surface area contributed by atoms with Crippen LogP contribution in [0.25, 0.3) is 0 Å². The third-order valence-electron chi connectivity index (χ3n) is 4.00. The minimum atomic E-state index is 0.354. The molecule has 0 unspecified atom stereocenters. The average Bonchev–Trinajstić information content (AvgIpc) is 2.42.